The van der Waals surface area contributed by atoms with Gasteiger partial charge < -0.3 is 10.0 Å². The summed E-state index contributed by atoms with van der Waals surface area (Å²) < 4.78 is 13.4. The molecule has 1 aliphatic heterocycles. The van der Waals surface area contributed by atoms with E-state index in [0.717, 1.165) is 16.0 Å². The van der Waals surface area contributed by atoms with Crippen LogP contribution in [-0.4, -0.2) is 28.1 Å². The summed E-state index contributed by atoms with van der Waals surface area (Å²) in [4.78, 5) is 28.4. The molecule has 0 saturated carbocycles. The van der Waals surface area contributed by atoms with Gasteiger partial charge in [-0.1, -0.05) is 42.5 Å². The summed E-state index contributed by atoms with van der Waals surface area (Å²) in [5.41, 5.74) is 2.40. The van der Waals surface area contributed by atoms with Crippen molar-refractivity contribution in [1.82, 2.24) is 4.90 Å². The van der Waals surface area contributed by atoms with Gasteiger partial charge in [-0.25, -0.2) is 4.39 Å². The van der Waals surface area contributed by atoms with E-state index in [1.54, 1.807) is 53.1 Å². The first kappa shape index (κ1) is 20.2. The fourth-order valence-corrected chi connectivity index (χ4v) is 4.40. The minimum absolute atomic E-state index is 0.187. The van der Waals surface area contributed by atoms with E-state index < -0.39 is 17.9 Å². The number of thioether (sulfide) groups is 1. The molecule has 30 heavy (non-hydrogen) atoms. The highest BCUT2D eigenvalue weighted by Crippen LogP contribution is 2.43. The second-order valence-electron chi connectivity index (χ2n) is 7.18. The fraction of sp³-hybridized carbons (Fsp3) is 0.167. The normalized spacial score (nSPS) is 18.2. The van der Waals surface area contributed by atoms with Crippen LogP contribution in [0, 0.1) is 5.82 Å². The van der Waals surface area contributed by atoms with Crippen molar-refractivity contribution in [3.05, 3.63) is 101 Å². The van der Waals surface area contributed by atoms with E-state index in [1.807, 2.05) is 30.5 Å². The Morgan fingerprint density at radius 2 is 1.70 bits per heavy atom. The van der Waals surface area contributed by atoms with Crippen LogP contribution in [0.5, 0.6) is 0 Å². The first-order chi connectivity index (χ1) is 14.5. The van der Waals surface area contributed by atoms with Crippen molar-refractivity contribution >= 4 is 23.6 Å². The number of carbonyl (C=O) groups is 2. The molecule has 0 aliphatic carbocycles. The number of halogens is 1. The molecule has 2 atom stereocenters. The molecule has 4 rings (SSSR count). The first-order valence-electron chi connectivity index (χ1n) is 9.50. The van der Waals surface area contributed by atoms with Gasteiger partial charge in [0.25, 0.3) is 5.91 Å². The lowest BCUT2D eigenvalue weighted by molar-refractivity contribution is -0.140. The molecule has 1 aliphatic rings. The highest BCUT2D eigenvalue weighted by atomic mass is 32.2. The fourth-order valence-electron chi connectivity index (χ4n) is 3.99. The van der Waals surface area contributed by atoms with E-state index in [9.17, 15) is 19.1 Å². The van der Waals surface area contributed by atoms with Gasteiger partial charge in [0.05, 0.1) is 6.04 Å². The van der Waals surface area contributed by atoms with Crippen molar-refractivity contribution in [2.45, 2.75) is 23.4 Å². The van der Waals surface area contributed by atoms with Crippen LogP contribution in [0.15, 0.2) is 77.7 Å². The largest absolute Gasteiger partial charge is 0.481 e. The zero-order valence-corrected chi connectivity index (χ0v) is 17.1. The predicted molar refractivity (Wildman–Crippen MR) is 114 cm³/mol. The number of benzene rings is 3. The van der Waals surface area contributed by atoms with E-state index in [1.165, 1.54) is 12.1 Å². The van der Waals surface area contributed by atoms with Crippen LogP contribution in [-0.2, 0) is 11.3 Å². The van der Waals surface area contributed by atoms with Crippen LogP contribution >= 0.6 is 11.8 Å². The lowest BCUT2D eigenvalue weighted by atomic mass is 9.79. The van der Waals surface area contributed by atoms with Gasteiger partial charge >= 0.3 is 5.97 Å². The molecule has 4 nitrogen and oxygen atoms in total. The topological polar surface area (TPSA) is 57.6 Å². The molecule has 0 radical (unpaired) electrons. The molecule has 0 aromatic heterocycles. The molecule has 0 saturated heterocycles. The molecule has 3 aromatic rings. The van der Waals surface area contributed by atoms with Gasteiger partial charge in [-0.3, -0.25) is 9.59 Å². The summed E-state index contributed by atoms with van der Waals surface area (Å²) >= 11 is 1.59. The summed E-state index contributed by atoms with van der Waals surface area (Å²) in [6, 6.07) is 19.7. The Balaban J connectivity index is 1.85. The molecule has 152 valence electrons. The maximum atomic E-state index is 13.4. The lowest BCUT2D eigenvalue weighted by Crippen LogP contribution is -2.44. The molecule has 0 bridgehead atoms. The summed E-state index contributed by atoms with van der Waals surface area (Å²) in [6.07, 6.45) is 1.97. The van der Waals surface area contributed by atoms with Crippen molar-refractivity contribution in [3.63, 3.8) is 0 Å². The molecule has 3 aromatic carbocycles. The quantitative estimate of drug-likeness (QED) is 0.582. The minimum Gasteiger partial charge on any atom is -0.481 e. The minimum atomic E-state index is -0.988. The van der Waals surface area contributed by atoms with E-state index in [-0.39, 0.29) is 18.3 Å². The van der Waals surface area contributed by atoms with Crippen molar-refractivity contribution in [2.75, 3.05) is 6.26 Å². The third kappa shape index (κ3) is 3.71. The molecular weight excluding hydrogens is 401 g/mol. The van der Waals surface area contributed by atoms with E-state index in [2.05, 4.69) is 0 Å². The standard InChI is InChI=1S/C24H20FNO3S/c1-30-18-12-8-16(9-13-18)22-21(24(28)29)19-4-2-3-5-20(19)23(27)26(22)14-15-6-10-17(25)11-7-15/h2-13,21-22H,14H2,1H3,(H,28,29). The van der Waals surface area contributed by atoms with Gasteiger partial charge in [0.2, 0.25) is 0 Å². The van der Waals surface area contributed by atoms with Gasteiger partial charge in [-0.05, 0) is 53.3 Å². The first-order valence-corrected chi connectivity index (χ1v) is 10.7. The van der Waals surface area contributed by atoms with Gasteiger partial charge in [0, 0.05) is 17.0 Å². The summed E-state index contributed by atoms with van der Waals surface area (Å²) in [6.45, 7) is 0.187. The van der Waals surface area contributed by atoms with Crippen LogP contribution in [0.2, 0.25) is 0 Å². The van der Waals surface area contributed by atoms with Crippen molar-refractivity contribution in [2.24, 2.45) is 0 Å². The highest BCUT2D eigenvalue weighted by Gasteiger charge is 2.44. The van der Waals surface area contributed by atoms with Gasteiger partial charge in [-0.2, -0.15) is 0 Å². The van der Waals surface area contributed by atoms with Gasteiger partial charge in [0.15, 0.2) is 0 Å². The van der Waals surface area contributed by atoms with E-state index in [0.29, 0.717) is 11.1 Å². The van der Waals surface area contributed by atoms with Crippen molar-refractivity contribution in [1.29, 1.82) is 0 Å². The number of hydrogen-bond donors (Lipinski definition) is 1. The average Bonchev–Trinajstić information content (AvgIpc) is 2.76. The van der Waals surface area contributed by atoms with Crippen LogP contribution in [0.1, 0.15) is 39.0 Å². The second-order valence-corrected chi connectivity index (χ2v) is 8.06. The van der Waals surface area contributed by atoms with Crippen molar-refractivity contribution < 1.29 is 19.1 Å². The summed E-state index contributed by atoms with van der Waals surface area (Å²) in [5.74, 6) is -2.48. The summed E-state index contributed by atoms with van der Waals surface area (Å²) in [5, 5.41) is 10.1. The number of hydrogen-bond acceptors (Lipinski definition) is 3. The molecule has 0 fully saturated rings. The molecule has 1 amide bonds. The maximum Gasteiger partial charge on any atom is 0.313 e. The Hall–Kier alpha value is -3.12. The Labute approximate surface area is 178 Å². The molecule has 0 spiro atoms. The average molecular weight is 421 g/mol. The Bertz CT molecular complexity index is 1080. The number of carbonyl (C=O) groups excluding carboxylic acids is 1. The number of rotatable bonds is 5. The van der Waals surface area contributed by atoms with Crippen LogP contribution < -0.4 is 0 Å². The predicted octanol–water partition coefficient (Wildman–Crippen LogP) is 5.11. The Morgan fingerprint density at radius 3 is 2.33 bits per heavy atom. The molecule has 1 heterocycles. The lowest BCUT2D eigenvalue weighted by Gasteiger charge is -2.41. The van der Waals surface area contributed by atoms with E-state index in [4.69, 9.17) is 0 Å². The number of aliphatic carboxylic acids is 1. The van der Waals surface area contributed by atoms with Gasteiger partial charge in [-0.15, -0.1) is 11.8 Å². The monoisotopic (exact) mass is 421 g/mol. The van der Waals surface area contributed by atoms with Crippen LogP contribution in [0.25, 0.3) is 0 Å². The zero-order chi connectivity index (χ0) is 21.3. The summed E-state index contributed by atoms with van der Waals surface area (Å²) in [7, 11) is 0. The maximum absolute atomic E-state index is 13.4. The van der Waals surface area contributed by atoms with Gasteiger partial charge in [0.1, 0.15) is 11.7 Å². The number of nitrogens with zero attached hydrogens (tertiary/aromatic N) is 1. The third-order valence-corrected chi connectivity index (χ3v) is 6.17. The number of carboxylic acids is 1. The second kappa shape index (κ2) is 8.32. The molecule has 2 unspecified atom stereocenters. The number of carboxylic acid groups (broad SMARTS) is 1. The Morgan fingerprint density at radius 1 is 1.03 bits per heavy atom. The molecule has 1 N–H and O–H groups in total. The molecular formula is C24H20FNO3S. The van der Waals surface area contributed by atoms with E-state index >= 15 is 0 Å². The third-order valence-electron chi connectivity index (χ3n) is 5.43. The molecule has 6 heteroatoms. The zero-order valence-electron chi connectivity index (χ0n) is 16.3. The van der Waals surface area contributed by atoms with Crippen molar-refractivity contribution in [3.8, 4) is 0 Å². The van der Waals surface area contributed by atoms with Crippen LogP contribution in [0.4, 0.5) is 4.39 Å². The SMILES string of the molecule is CSc1ccc(C2C(C(=O)O)c3ccccc3C(=O)N2Cc2ccc(F)cc2)cc1. The number of fused-ring (bicyclic) bond motifs is 1. The Kier molecular flexibility index (Phi) is 5.59. The van der Waals surface area contributed by atoms with Crippen LogP contribution in [0.3, 0.4) is 0 Å². The number of amides is 1. The highest BCUT2D eigenvalue weighted by molar-refractivity contribution is 7.98. The smallest absolute Gasteiger partial charge is 0.313 e.